The van der Waals surface area contributed by atoms with Crippen LogP contribution in [0.25, 0.3) is 0 Å². The van der Waals surface area contributed by atoms with Crippen molar-refractivity contribution in [2.45, 2.75) is 19.9 Å². The highest BCUT2D eigenvalue weighted by molar-refractivity contribution is 6.30. The first kappa shape index (κ1) is 17.4. The molecule has 1 rings (SSSR count). The molecule has 0 fully saturated rings. The van der Waals surface area contributed by atoms with Gasteiger partial charge in [0.2, 0.25) is 0 Å². The molecule has 0 saturated heterocycles. The van der Waals surface area contributed by atoms with E-state index in [1.165, 1.54) is 5.56 Å². The molecule has 3 nitrogen and oxygen atoms in total. The van der Waals surface area contributed by atoms with E-state index in [0.29, 0.717) is 12.5 Å². The van der Waals surface area contributed by atoms with Crippen molar-refractivity contribution >= 4 is 11.6 Å². The number of hydrogen-bond donors (Lipinski definition) is 1. The van der Waals surface area contributed by atoms with Crippen molar-refractivity contribution in [2.24, 2.45) is 11.7 Å². The number of likely N-dealkylation sites (N-methyl/N-ethyl adjacent to an activating group) is 1. The van der Waals surface area contributed by atoms with E-state index in [4.69, 9.17) is 17.3 Å². The average Bonchev–Trinajstić information content (AvgIpc) is 2.38. The highest BCUT2D eigenvalue weighted by atomic mass is 35.5. The minimum atomic E-state index is 0.259. The van der Waals surface area contributed by atoms with Crippen LogP contribution in [0.4, 0.5) is 0 Å². The van der Waals surface area contributed by atoms with Gasteiger partial charge in [-0.3, -0.25) is 4.90 Å². The number of nitrogens with two attached hydrogens (primary N) is 1. The van der Waals surface area contributed by atoms with Gasteiger partial charge >= 0.3 is 0 Å². The van der Waals surface area contributed by atoms with E-state index in [1.807, 2.05) is 12.1 Å². The molecule has 0 heterocycles. The monoisotopic (exact) mass is 297 g/mol. The van der Waals surface area contributed by atoms with Gasteiger partial charge in [0.1, 0.15) is 0 Å². The van der Waals surface area contributed by atoms with E-state index in [-0.39, 0.29) is 6.04 Å². The molecule has 20 heavy (non-hydrogen) atoms. The maximum Gasteiger partial charge on any atom is 0.0471 e. The van der Waals surface area contributed by atoms with Crippen LogP contribution in [0.3, 0.4) is 0 Å². The third-order valence-corrected chi connectivity index (χ3v) is 3.60. The number of benzene rings is 1. The van der Waals surface area contributed by atoms with E-state index < -0.39 is 0 Å². The summed E-state index contributed by atoms with van der Waals surface area (Å²) in [7, 11) is 4.21. The molecule has 0 saturated carbocycles. The Morgan fingerprint density at radius 1 is 1.10 bits per heavy atom. The van der Waals surface area contributed by atoms with E-state index in [0.717, 1.165) is 24.7 Å². The molecule has 1 aromatic carbocycles. The molecule has 0 bridgehead atoms. The molecule has 1 unspecified atom stereocenters. The standard InChI is InChI=1S/C16H28ClN3/c1-13(2)12-20(10-9-19(3)4)16(11-18)14-5-7-15(17)8-6-14/h5-8,13,16H,9-12,18H2,1-4H3. The molecule has 0 aromatic heterocycles. The Morgan fingerprint density at radius 2 is 1.70 bits per heavy atom. The van der Waals surface area contributed by atoms with Gasteiger partial charge in [-0.25, -0.2) is 0 Å². The van der Waals surface area contributed by atoms with Crippen molar-refractivity contribution in [1.82, 2.24) is 9.80 Å². The van der Waals surface area contributed by atoms with E-state index >= 15 is 0 Å². The maximum absolute atomic E-state index is 6.04. The zero-order valence-corrected chi connectivity index (χ0v) is 13.9. The summed E-state index contributed by atoms with van der Waals surface area (Å²) in [6, 6.07) is 8.32. The second-order valence-electron chi connectivity index (χ2n) is 6.00. The summed E-state index contributed by atoms with van der Waals surface area (Å²) < 4.78 is 0. The van der Waals surface area contributed by atoms with Crippen LogP contribution in [-0.2, 0) is 0 Å². The smallest absolute Gasteiger partial charge is 0.0471 e. The minimum Gasteiger partial charge on any atom is -0.329 e. The molecule has 4 heteroatoms. The molecule has 0 aliphatic carbocycles. The van der Waals surface area contributed by atoms with Gasteiger partial charge in [-0.2, -0.15) is 0 Å². The van der Waals surface area contributed by atoms with Gasteiger partial charge in [-0.1, -0.05) is 37.6 Å². The molecule has 0 aliphatic rings. The van der Waals surface area contributed by atoms with E-state index in [2.05, 4.69) is 49.9 Å². The fourth-order valence-electron chi connectivity index (χ4n) is 2.35. The van der Waals surface area contributed by atoms with Crippen LogP contribution < -0.4 is 5.73 Å². The summed E-state index contributed by atoms with van der Waals surface area (Å²) >= 11 is 5.97. The third-order valence-electron chi connectivity index (χ3n) is 3.35. The van der Waals surface area contributed by atoms with Crippen molar-refractivity contribution in [3.05, 3.63) is 34.9 Å². The summed E-state index contributed by atoms with van der Waals surface area (Å²) in [4.78, 5) is 4.69. The molecule has 2 N–H and O–H groups in total. The maximum atomic E-state index is 6.04. The largest absolute Gasteiger partial charge is 0.329 e. The highest BCUT2D eigenvalue weighted by Crippen LogP contribution is 2.22. The third kappa shape index (κ3) is 5.80. The van der Waals surface area contributed by atoms with Gasteiger partial charge in [0.15, 0.2) is 0 Å². The van der Waals surface area contributed by atoms with E-state index in [1.54, 1.807) is 0 Å². The summed E-state index contributed by atoms with van der Waals surface area (Å²) in [5.74, 6) is 0.624. The van der Waals surface area contributed by atoms with Gasteiger partial charge < -0.3 is 10.6 Å². The summed E-state index contributed by atoms with van der Waals surface area (Å²) in [5, 5.41) is 0.772. The van der Waals surface area contributed by atoms with Crippen molar-refractivity contribution in [3.63, 3.8) is 0 Å². The first-order chi connectivity index (χ1) is 9.43. The van der Waals surface area contributed by atoms with Gasteiger partial charge in [-0.15, -0.1) is 0 Å². The van der Waals surface area contributed by atoms with Gasteiger partial charge in [0.25, 0.3) is 0 Å². The quantitative estimate of drug-likeness (QED) is 0.801. The van der Waals surface area contributed by atoms with Crippen LogP contribution in [0.15, 0.2) is 24.3 Å². The number of halogens is 1. The number of nitrogens with zero attached hydrogens (tertiary/aromatic N) is 2. The topological polar surface area (TPSA) is 32.5 Å². The SMILES string of the molecule is CC(C)CN(CCN(C)C)C(CN)c1ccc(Cl)cc1. The van der Waals surface area contributed by atoms with Crippen LogP contribution >= 0.6 is 11.6 Å². The Morgan fingerprint density at radius 3 is 2.15 bits per heavy atom. The normalized spacial score (nSPS) is 13.4. The van der Waals surface area contributed by atoms with Crippen LogP contribution in [0.5, 0.6) is 0 Å². The zero-order valence-electron chi connectivity index (χ0n) is 13.1. The van der Waals surface area contributed by atoms with Crippen LogP contribution in [0.2, 0.25) is 5.02 Å². The number of rotatable bonds is 8. The predicted octanol–water partition coefficient (Wildman–Crippen LogP) is 2.86. The fourth-order valence-corrected chi connectivity index (χ4v) is 2.48. The molecule has 1 atom stereocenters. The fraction of sp³-hybridized carbons (Fsp3) is 0.625. The highest BCUT2D eigenvalue weighted by Gasteiger charge is 2.19. The molecular formula is C16H28ClN3. The lowest BCUT2D eigenvalue weighted by molar-refractivity contribution is 0.163. The van der Waals surface area contributed by atoms with Gasteiger partial charge in [0.05, 0.1) is 0 Å². The van der Waals surface area contributed by atoms with Crippen molar-refractivity contribution < 1.29 is 0 Å². The summed E-state index contributed by atoms with van der Waals surface area (Å²) in [6.45, 7) is 8.24. The summed E-state index contributed by atoms with van der Waals surface area (Å²) in [5.41, 5.74) is 7.28. The summed E-state index contributed by atoms with van der Waals surface area (Å²) in [6.07, 6.45) is 0. The first-order valence-corrected chi connectivity index (χ1v) is 7.66. The average molecular weight is 298 g/mol. The van der Waals surface area contributed by atoms with Crippen molar-refractivity contribution in [2.75, 3.05) is 40.3 Å². The van der Waals surface area contributed by atoms with Crippen LogP contribution in [0.1, 0.15) is 25.5 Å². The molecule has 114 valence electrons. The lowest BCUT2D eigenvalue weighted by Gasteiger charge is -2.33. The molecule has 1 aromatic rings. The van der Waals surface area contributed by atoms with E-state index in [9.17, 15) is 0 Å². The second kappa shape index (κ2) is 8.63. The Balaban J connectivity index is 2.85. The van der Waals surface area contributed by atoms with Crippen LogP contribution in [0, 0.1) is 5.92 Å². The van der Waals surface area contributed by atoms with Gasteiger partial charge in [0, 0.05) is 37.2 Å². The zero-order chi connectivity index (χ0) is 15.1. The van der Waals surface area contributed by atoms with Gasteiger partial charge in [-0.05, 0) is 37.7 Å². The molecule has 0 spiro atoms. The Bertz CT molecular complexity index is 376. The van der Waals surface area contributed by atoms with Crippen molar-refractivity contribution in [3.8, 4) is 0 Å². The molecule has 0 radical (unpaired) electrons. The first-order valence-electron chi connectivity index (χ1n) is 7.28. The Hall–Kier alpha value is -0.610. The predicted molar refractivity (Wildman–Crippen MR) is 88.2 cm³/mol. The minimum absolute atomic E-state index is 0.259. The Kier molecular flexibility index (Phi) is 7.52. The molecule has 0 amide bonds. The lowest BCUT2D eigenvalue weighted by atomic mass is 10.0. The lowest BCUT2D eigenvalue weighted by Crippen LogP contribution is -2.40. The Labute approximate surface area is 128 Å². The van der Waals surface area contributed by atoms with Crippen LogP contribution in [-0.4, -0.2) is 50.1 Å². The second-order valence-corrected chi connectivity index (χ2v) is 6.43. The molecule has 0 aliphatic heterocycles. The molecular weight excluding hydrogens is 270 g/mol. The van der Waals surface area contributed by atoms with Crippen molar-refractivity contribution in [1.29, 1.82) is 0 Å². The number of hydrogen-bond acceptors (Lipinski definition) is 3.